The van der Waals surface area contributed by atoms with E-state index in [9.17, 15) is 9.59 Å². The van der Waals surface area contributed by atoms with Crippen molar-refractivity contribution in [1.82, 2.24) is 0 Å². The minimum atomic E-state index is -0.248. The van der Waals surface area contributed by atoms with E-state index in [-0.39, 0.29) is 11.8 Å². The van der Waals surface area contributed by atoms with Gasteiger partial charge >= 0.3 is 0 Å². The van der Waals surface area contributed by atoms with Gasteiger partial charge in [0, 0.05) is 32.8 Å². The molecule has 0 aliphatic rings. The predicted octanol–water partition coefficient (Wildman–Crippen LogP) is 5.83. The standard InChI is InChI=1S/C23H21BrN2O3S/c1-29-20-8-4-3-7-19(20)26-23(28)16-10-12-17(13-11-16)25-22(27)14-15-30-21-9-5-2-6-18(21)24/h2-13H,14-15H2,1H3,(H,25,27)(H,26,28). The Morgan fingerprint density at radius 1 is 0.933 bits per heavy atom. The SMILES string of the molecule is COc1ccccc1NC(=O)c1ccc(NC(=O)CCSc2ccccc2Br)cc1. The topological polar surface area (TPSA) is 67.4 Å². The minimum Gasteiger partial charge on any atom is -0.495 e. The summed E-state index contributed by atoms with van der Waals surface area (Å²) in [5.41, 5.74) is 1.74. The molecule has 0 bridgehead atoms. The molecule has 0 unspecified atom stereocenters. The van der Waals surface area contributed by atoms with Crippen LogP contribution in [0.15, 0.2) is 82.2 Å². The molecule has 30 heavy (non-hydrogen) atoms. The molecule has 5 nitrogen and oxygen atoms in total. The summed E-state index contributed by atoms with van der Waals surface area (Å²) in [7, 11) is 1.56. The fourth-order valence-electron chi connectivity index (χ4n) is 2.69. The van der Waals surface area contributed by atoms with Gasteiger partial charge in [-0.2, -0.15) is 0 Å². The lowest BCUT2D eigenvalue weighted by Crippen LogP contribution is -2.14. The number of halogens is 1. The van der Waals surface area contributed by atoms with Crippen molar-refractivity contribution in [1.29, 1.82) is 0 Å². The van der Waals surface area contributed by atoms with Gasteiger partial charge < -0.3 is 15.4 Å². The van der Waals surface area contributed by atoms with Crippen LogP contribution in [0.2, 0.25) is 0 Å². The summed E-state index contributed by atoms with van der Waals surface area (Å²) >= 11 is 5.13. The molecule has 2 amide bonds. The van der Waals surface area contributed by atoms with Crippen LogP contribution in [-0.2, 0) is 4.79 Å². The fourth-order valence-corrected chi connectivity index (χ4v) is 4.20. The lowest BCUT2D eigenvalue weighted by atomic mass is 10.2. The Labute approximate surface area is 188 Å². The maximum Gasteiger partial charge on any atom is 0.255 e. The third kappa shape index (κ3) is 6.11. The molecule has 154 valence electrons. The molecule has 3 rings (SSSR count). The normalized spacial score (nSPS) is 10.3. The number of benzene rings is 3. The molecule has 0 saturated heterocycles. The fraction of sp³-hybridized carbons (Fsp3) is 0.130. The molecular formula is C23H21BrN2O3S. The first-order valence-electron chi connectivity index (χ1n) is 9.28. The van der Waals surface area contributed by atoms with E-state index in [1.54, 1.807) is 55.3 Å². The van der Waals surface area contributed by atoms with E-state index in [1.165, 1.54) is 0 Å². The number of hydrogen-bond donors (Lipinski definition) is 2. The molecule has 0 spiro atoms. The van der Waals surface area contributed by atoms with Gasteiger partial charge in [-0.1, -0.05) is 24.3 Å². The van der Waals surface area contributed by atoms with Gasteiger partial charge in [-0.3, -0.25) is 9.59 Å². The molecule has 2 N–H and O–H groups in total. The second kappa shape index (κ2) is 10.8. The van der Waals surface area contributed by atoms with E-state index in [2.05, 4.69) is 26.6 Å². The Kier molecular flexibility index (Phi) is 7.93. The van der Waals surface area contributed by atoms with Gasteiger partial charge in [-0.05, 0) is 64.5 Å². The lowest BCUT2D eigenvalue weighted by molar-refractivity contribution is -0.115. The van der Waals surface area contributed by atoms with Gasteiger partial charge in [0.2, 0.25) is 5.91 Å². The highest BCUT2D eigenvalue weighted by atomic mass is 79.9. The number of nitrogens with one attached hydrogen (secondary N) is 2. The molecule has 7 heteroatoms. The van der Waals surface area contributed by atoms with E-state index in [0.717, 1.165) is 9.37 Å². The first-order chi connectivity index (χ1) is 14.6. The summed E-state index contributed by atoms with van der Waals surface area (Å²) in [5, 5.41) is 5.69. The number of carbonyl (C=O) groups excluding carboxylic acids is 2. The third-order valence-electron chi connectivity index (χ3n) is 4.21. The highest BCUT2D eigenvalue weighted by Crippen LogP contribution is 2.27. The maximum atomic E-state index is 12.5. The van der Waals surface area contributed by atoms with Crippen molar-refractivity contribution in [3.63, 3.8) is 0 Å². The number of ether oxygens (including phenoxy) is 1. The summed E-state index contributed by atoms with van der Waals surface area (Å²) < 4.78 is 6.27. The van der Waals surface area contributed by atoms with Gasteiger partial charge in [0.25, 0.3) is 5.91 Å². The van der Waals surface area contributed by atoms with Crippen LogP contribution in [0.5, 0.6) is 5.75 Å². The van der Waals surface area contributed by atoms with Gasteiger partial charge in [-0.25, -0.2) is 0 Å². The number of para-hydroxylation sites is 2. The lowest BCUT2D eigenvalue weighted by Gasteiger charge is -2.10. The average Bonchev–Trinajstić information content (AvgIpc) is 2.76. The number of hydrogen-bond acceptors (Lipinski definition) is 4. The zero-order valence-electron chi connectivity index (χ0n) is 16.4. The van der Waals surface area contributed by atoms with Gasteiger partial charge in [-0.15, -0.1) is 11.8 Å². The van der Waals surface area contributed by atoms with Crippen molar-refractivity contribution in [2.24, 2.45) is 0 Å². The molecule has 0 aliphatic heterocycles. The van der Waals surface area contributed by atoms with Crippen molar-refractivity contribution < 1.29 is 14.3 Å². The number of anilines is 2. The van der Waals surface area contributed by atoms with Crippen LogP contribution >= 0.6 is 27.7 Å². The largest absolute Gasteiger partial charge is 0.495 e. The molecule has 0 fully saturated rings. The van der Waals surface area contributed by atoms with Crippen LogP contribution in [0.3, 0.4) is 0 Å². The highest BCUT2D eigenvalue weighted by molar-refractivity contribution is 9.10. The number of rotatable bonds is 8. The van der Waals surface area contributed by atoms with Crippen LogP contribution in [0, 0.1) is 0 Å². The number of amides is 2. The monoisotopic (exact) mass is 484 g/mol. The molecule has 0 radical (unpaired) electrons. The van der Waals surface area contributed by atoms with Crippen molar-refractivity contribution in [2.75, 3.05) is 23.5 Å². The van der Waals surface area contributed by atoms with Gasteiger partial charge in [0.15, 0.2) is 0 Å². The van der Waals surface area contributed by atoms with E-state index in [4.69, 9.17) is 4.74 Å². The third-order valence-corrected chi connectivity index (χ3v) is 6.24. The Bertz CT molecular complexity index is 1020. The zero-order valence-corrected chi connectivity index (χ0v) is 18.8. The molecule has 3 aromatic rings. The van der Waals surface area contributed by atoms with Crippen LogP contribution in [0.1, 0.15) is 16.8 Å². The highest BCUT2D eigenvalue weighted by Gasteiger charge is 2.10. The quantitative estimate of drug-likeness (QED) is 0.394. The van der Waals surface area contributed by atoms with Gasteiger partial charge in [0.1, 0.15) is 5.75 Å². The zero-order chi connectivity index (χ0) is 21.3. The molecule has 0 aromatic heterocycles. The molecule has 0 aliphatic carbocycles. The second-order valence-corrected chi connectivity index (χ2v) is 8.30. The molecule has 3 aromatic carbocycles. The summed E-state index contributed by atoms with van der Waals surface area (Å²) in [5.74, 6) is 0.950. The van der Waals surface area contributed by atoms with Crippen LogP contribution in [-0.4, -0.2) is 24.7 Å². The summed E-state index contributed by atoms with van der Waals surface area (Å²) in [6.07, 6.45) is 0.391. The van der Waals surface area contributed by atoms with Crippen molar-refractivity contribution in [3.05, 3.63) is 82.8 Å². The Balaban J connectivity index is 1.50. The molecular weight excluding hydrogens is 464 g/mol. The van der Waals surface area contributed by atoms with Crippen molar-refractivity contribution >= 4 is 50.9 Å². The maximum absolute atomic E-state index is 12.5. The average molecular weight is 485 g/mol. The predicted molar refractivity (Wildman–Crippen MR) is 126 cm³/mol. The molecule has 0 saturated carbocycles. The van der Waals surface area contributed by atoms with E-state index in [0.29, 0.717) is 34.9 Å². The first kappa shape index (κ1) is 21.9. The number of methoxy groups -OCH3 is 1. The van der Waals surface area contributed by atoms with Crippen LogP contribution in [0.25, 0.3) is 0 Å². The Morgan fingerprint density at radius 2 is 1.63 bits per heavy atom. The van der Waals surface area contributed by atoms with E-state index < -0.39 is 0 Å². The van der Waals surface area contributed by atoms with Crippen molar-refractivity contribution in [2.45, 2.75) is 11.3 Å². The molecule has 0 atom stereocenters. The number of carbonyl (C=O) groups is 2. The molecule has 0 heterocycles. The van der Waals surface area contributed by atoms with Gasteiger partial charge in [0.05, 0.1) is 12.8 Å². The first-order valence-corrected chi connectivity index (χ1v) is 11.1. The summed E-state index contributed by atoms with van der Waals surface area (Å²) in [4.78, 5) is 25.8. The van der Waals surface area contributed by atoms with Crippen molar-refractivity contribution in [3.8, 4) is 5.75 Å². The van der Waals surface area contributed by atoms with Crippen LogP contribution in [0.4, 0.5) is 11.4 Å². The Morgan fingerprint density at radius 3 is 2.37 bits per heavy atom. The second-order valence-electron chi connectivity index (χ2n) is 6.31. The Hall–Kier alpha value is -2.77. The van der Waals surface area contributed by atoms with E-state index in [1.807, 2.05) is 36.4 Å². The van der Waals surface area contributed by atoms with E-state index >= 15 is 0 Å². The summed E-state index contributed by atoms with van der Waals surface area (Å²) in [6, 6.07) is 21.9. The number of thioether (sulfide) groups is 1. The summed E-state index contributed by atoms with van der Waals surface area (Å²) in [6.45, 7) is 0. The minimum absolute atomic E-state index is 0.0687. The smallest absolute Gasteiger partial charge is 0.255 e. The van der Waals surface area contributed by atoms with Crippen LogP contribution < -0.4 is 15.4 Å².